The minimum Gasteiger partial charge on any atom is -0.329 e. The zero-order chi connectivity index (χ0) is 13.4. The lowest BCUT2D eigenvalue weighted by atomic mass is 10.3. The molecule has 2 nitrogen and oxygen atoms in total. The smallest absolute Gasteiger partial charge is 0.188 e. The summed E-state index contributed by atoms with van der Waals surface area (Å²) < 4.78 is 40.3. The molecule has 1 heterocycles. The van der Waals surface area contributed by atoms with Crippen LogP contribution in [0.3, 0.4) is 0 Å². The van der Waals surface area contributed by atoms with Crippen molar-refractivity contribution in [3.05, 3.63) is 53.8 Å². The largest absolute Gasteiger partial charge is 0.329 e. The molecule has 1 N–H and O–H groups in total. The molecule has 0 saturated carbocycles. The van der Waals surface area contributed by atoms with Crippen LogP contribution in [0.5, 0.6) is 0 Å². The Bertz CT molecular complexity index is 722. The highest BCUT2D eigenvalue weighted by atomic mass is 32.1. The third kappa shape index (κ3) is 2.26. The van der Waals surface area contributed by atoms with Crippen LogP contribution in [0.25, 0.3) is 10.2 Å². The summed E-state index contributed by atoms with van der Waals surface area (Å²) in [5.74, 6) is -3.18. The van der Waals surface area contributed by atoms with Crippen molar-refractivity contribution in [2.24, 2.45) is 0 Å². The summed E-state index contributed by atoms with van der Waals surface area (Å²) in [5.41, 5.74) is 0.621. The van der Waals surface area contributed by atoms with Gasteiger partial charge < -0.3 is 5.32 Å². The van der Waals surface area contributed by atoms with Gasteiger partial charge in [0.05, 0.1) is 15.9 Å². The molecule has 3 rings (SSSR count). The fourth-order valence-corrected chi connectivity index (χ4v) is 2.54. The number of thiazole rings is 1. The van der Waals surface area contributed by atoms with Gasteiger partial charge in [-0.05, 0) is 12.1 Å². The first-order chi connectivity index (χ1) is 9.13. The Labute approximate surface area is 110 Å². The Kier molecular flexibility index (Phi) is 2.87. The molecule has 19 heavy (non-hydrogen) atoms. The van der Waals surface area contributed by atoms with Gasteiger partial charge in [0.25, 0.3) is 0 Å². The highest BCUT2D eigenvalue weighted by molar-refractivity contribution is 7.22. The number of hydrogen-bond acceptors (Lipinski definition) is 3. The molecule has 96 valence electrons. The molecule has 2 aromatic carbocycles. The normalized spacial score (nSPS) is 10.9. The van der Waals surface area contributed by atoms with Crippen LogP contribution in [0, 0.1) is 17.5 Å². The summed E-state index contributed by atoms with van der Waals surface area (Å²) >= 11 is 1.31. The van der Waals surface area contributed by atoms with Crippen LogP contribution >= 0.6 is 11.3 Å². The van der Waals surface area contributed by atoms with Crippen molar-refractivity contribution >= 4 is 32.4 Å². The van der Waals surface area contributed by atoms with Crippen LogP contribution in [-0.4, -0.2) is 4.98 Å². The van der Waals surface area contributed by atoms with Gasteiger partial charge >= 0.3 is 0 Å². The first kappa shape index (κ1) is 12.0. The molecule has 0 radical (unpaired) electrons. The number of rotatable bonds is 2. The molecule has 0 bridgehead atoms. The second-order valence-electron chi connectivity index (χ2n) is 3.86. The number of benzene rings is 2. The molecule has 0 aliphatic rings. The fourth-order valence-electron chi connectivity index (χ4n) is 1.66. The molecule has 0 saturated heterocycles. The maximum absolute atomic E-state index is 13.5. The summed E-state index contributed by atoms with van der Waals surface area (Å²) in [5, 5.41) is 3.08. The van der Waals surface area contributed by atoms with Crippen LogP contribution in [0.15, 0.2) is 36.4 Å². The molecule has 0 atom stereocenters. The zero-order valence-corrected chi connectivity index (χ0v) is 10.3. The summed E-state index contributed by atoms with van der Waals surface area (Å²) in [6.45, 7) is 0. The second kappa shape index (κ2) is 4.55. The Morgan fingerprint density at radius 2 is 1.68 bits per heavy atom. The van der Waals surface area contributed by atoms with E-state index in [9.17, 15) is 13.2 Å². The quantitative estimate of drug-likeness (QED) is 0.701. The molecular weight excluding hydrogens is 273 g/mol. The van der Waals surface area contributed by atoms with Gasteiger partial charge in [0, 0.05) is 12.1 Å². The second-order valence-corrected chi connectivity index (χ2v) is 4.89. The molecule has 0 unspecified atom stereocenters. The molecule has 6 heteroatoms. The number of nitrogens with zero attached hydrogens (tertiary/aromatic N) is 1. The molecular formula is C13H7F3N2S. The SMILES string of the molecule is Fc1cc(F)c(Nc2nc3ccccc3s2)cc1F. The molecule has 0 aliphatic heterocycles. The van der Waals surface area contributed by atoms with Gasteiger partial charge in [-0.1, -0.05) is 23.5 Å². The van der Waals surface area contributed by atoms with Crippen molar-refractivity contribution < 1.29 is 13.2 Å². The van der Waals surface area contributed by atoms with Crippen LogP contribution in [-0.2, 0) is 0 Å². The number of para-hydroxylation sites is 1. The first-order valence-electron chi connectivity index (χ1n) is 5.40. The molecule has 1 aromatic heterocycles. The average molecular weight is 280 g/mol. The monoisotopic (exact) mass is 280 g/mol. The fraction of sp³-hybridized carbons (Fsp3) is 0. The highest BCUT2D eigenvalue weighted by Gasteiger charge is 2.11. The number of anilines is 2. The lowest BCUT2D eigenvalue weighted by Crippen LogP contribution is -1.96. The molecule has 0 aliphatic carbocycles. The van der Waals surface area contributed by atoms with Crippen molar-refractivity contribution in [1.82, 2.24) is 4.98 Å². The molecule has 0 fully saturated rings. The van der Waals surface area contributed by atoms with E-state index < -0.39 is 17.5 Å². The van der Waals surface area contributed by atoms with E-state index >= 15 is 0 Å². The standard InChI is InChI=1S/C13H7F3N2S/c14-7-5-9(16)11(6-8(7)15)18-13-17-10-3-1-2-4-12(10)19-13/h1-6H,(H,17,18). The summed E-state index contributed by atoms with van der Waals surface area (Å²) in [6.07, 6.45) is 0. The van der Waals surface area contributed by atoms with Gasteiger partial charge in [-0.3, -0.25) is 0 Å². The van der Waals surface area contributed by atoms with Gasteiger partial charge in [0.15, 0.2) is 16.8 Å². The lowest BCUT2D eigenvalue weighted by molar-refractivity contribution is 0.496. The van der Waals surface area contributed by atoms with Crippen LogP contribution in [0.1, 0.15) is 0 Å². The summed E-state index contributed by atoms with van der Waals surface area (Å²) in [6, 6.07) is 8.67. The molecule has 3 aromatic rings. The minimum absolute atomic E-state index is 0.141. The number of halogens is 3. The summed E-state index contributed by atoms with van der Waals surface area (Å²) in [7, 11) is 0. The van der Waals surface area contributed by atoms with Crippen molar-refractivity contribution in [2.45, 2.75) is 0 Å². The van der Waals surface area contributed by atoms with E-state index in [0.29, 0.717) is 11.2 Å². The Balaban J connectivity index is 1.98. The van der Waals surface area contributed by atoms with Gasteiger partial charge in [0.1, 0.15) is 5.82 Å². The third-order valence-electron chi connectivity index (χ3n) is 2.55. The van der Waals surface area contributed by atoms with Gasteiger partial charge in [-0.15, -0.1) is 0 Å². The number of nitrogens with one attached hydrogen (secondary N) is 1. The Morgan fingerprint density at radius 1 is 0.947 bits per heavy atom. The number of hydrogen-bond donors (Lipinski definition) is 1. The highest BCUT2D eigenvalue weighted by Crippen LogP contribution is 2.29. The van der Waals surface area contributed by atoms with Crippen molar-refractivity contribution in [3.63, 3.8) is 0 Å². The Morgan fingerprint density at radius 3 is 2.47 bits per heavy atom. The lowest BCUT2D eigenvalue weighted by Gasteiger charge is -2.04. The van der Waals surface area contributed by atoms with Crippen molar-refractivity contribution in [2.75, 3.05) is 5.32 Å². The van der Waals surface area contributed by atoms with Gasteiger partial charge in [-0.2, -0.15) is 0 Å². The molecule has 0 spiro atoms. The minimum atomic E-state index is -1.22. The maximum Gasteiger partial charge on any atom is 0.188 e. The van der Waals surface area contributed by atoms with E-state index in [2.05, 4.69) is 10.3 Å². The number of fused-ring (bicyclic) bond motifs is 1. The van der Waals surface area contributed by atoms with Crippen LogP contribution in [0.4, 0.5) is 24.0 Å². The predicted molar refractivity (Wildman–Crippen MR) is 69.2 cm³/mol. The molecule has 0 amide bonds. The van der Waals surface area contributed by atoms with Crippen LogP contribution in [0.2, 0.25) is 0 Å². The zero-order valence-electron chi connectivity index (χ0n) is 9.45. The van der Waals surface area contributed by atoms with Gasteiger partial charge in [0.2, 0.25) is 0 Å². The van der Waals surface area contributed by atoms with E-state index in [0.717, 1.165) is 16.3 Å². The van der Waals surface area contributed by atoms with E-state index in [1.807, 2.05) is 24.3 Å². The van der Waals surface area contributed by atoms with E-state index in [1.54, 1.807) is 0 Å². The van der Waals surface area contributed by atoms with E-state index in [1.165, 1.54) is 11.3 Å². The van der Waals surface area contributed by atoms with Crippen molar-refractivity contribution in [1.29, 1.82) is 0 Å². The first-order valence-corrected chi connectivity index (χ1v) is 6.22. The maximum atomic E-state index is 13.5. The van der Waals surface area contributed by atoms with Crippen molar-refractivity contribution in [3.8, 4) is 0 Å². The summed E-state index contributed by atoms with van der Waals surface area (Å²) in [4.78, 5) is 4.23. The van der Waals surface area contributed by atoms with E-state index in [4.69, 9.17) is 0 Å². The topological polar surface area (TPSA) is 24.9 Å². The Hall–Kier alpha value is -2.08. The van der Waals surface area contributed by atoms with Gasteiger partial charge in [-0.25, -0.2) is 18.2 Å². The van der Waals surface area contributed by atoms with Crippen LogP contribution < -0.4 is 5.32 Å². The average Bonchev–Trinajstić information content (AvgIpc) is 2.78. The predicted octanol–water partition coefficient (Wildman–Crippen LogP) is 4.46. The van der Waals surface area contributed by atoms with E-state index in [-0.39, 0.29) is 5.69 Å². The third-order valence-corrected chi connectivity index (χ3v) is 3.50. The number of aromatic nitrogens is 1.